The molecule has 0 saturated heterocycles. The first kappa shape index (κ1) is 32.1. The lowest BCUT2D eigenvalue weighted by atomic mass is 9.74. The number of rotatable bonds is 19. The van der Waals surface area contributed by atoms with Crippen LogP contribution in [0.3, 0.4) is 0 Å². The van der Waals surface area contributed by atoms with Crippen LogP contribution in [0.25, 0.3) is 0 Å². The van der Waals surface area contributed by atoms with Gasteiger partial charge in [0.25, 0.3) is 0 Å². The summed E-state index contributed by atoms with van der Waals surface area (Å²) in [7, 11) is 0. The van der Waals surface area contributed by atoms with Crippen LogP contribution in [0.2, 0.25) is 0 Å². The van der Waals surface area contributed by atoms with Crippen molar-refractivity contribution in [1.29, 1.82) is 0 Å². The molecule has 1 aliphatic rings. The molecule has 0 heterocycles. The summed E-state index contributed by atoms with van der Waals surface area (Å²) in [5, 5.41) is 9.08. The Hall–Kier alpha value is -3.08. The Morgan fingerprint density at radius 2 is 1.56 bits per heavy atom. The highest BCUT2D eigenvalue weighted by atomic mass is 16.5. The second-order valence-electron chi connectivity index (χ2n) is 10.8. The van der Waals surface area contributed by atoms with Crippen LogP contribution in [0.1, 0.15) is 102 Å². The second kappa shape index (κ2) is 17.5. The summed E-state index contributed by atoms with van der Waals surface area (Å²) < 4.78 is 11.1. The van der Waals surface area contributed by atoms with Crippen molar-refractivity contribution in [1.82, 2.24) is 0 Å². The highest BCUT2D eigenvalue weighted by Crippen LogP contribution is 2.38. The molecular formula is C34H48O5. The lowest BCUT2D eigenvalue weighted by molar-refractivity contribution is -0.139. The molecule has 0 radical (unpaired) electrons. The van der Waals surface area contributed by atoms with Gasteiger partial charge in [-0.25, -0.2) is 4.79 Å². The van der Waals surface area contributed by atoms with Gasteiger partial charge in [0.1, 0.15) is 18.1 Å². The van der Waals surface area contributed by atoms with Crippen LogP contribution in [-0.2, 0) is 4.79 Å². The summed E-state index contributed by atoms with van der Waals surface area (Å²) in [4.78, 5) is 24.2. The van der Waals surface area contributed by atoms with E-state index in [1.54, 1.807) is 24.3 Å². The van der Waals surface area contributed by atoms with Gasteiger partial charge in [-0.3, -0.25) is 4.79 Å². The number of unbranched alkanes of at least 4 members (excludes halogenated alkanes) is 6. The van der Waals surface area contributed by atoms with Crippen molar-refractivity contribution in [2.45, 2.75) is 91.9 Å². The fraction of sp³-hybridized carbons (Fsp3) is 0.529. The number of benzene rings is 1. The number of aliphatic carboxylic acids is 1. The van der Waals surface area contributed by atoms with Crippen LogP contribution in [0.15, 0.2) is 66.3 Å². The molecular weight excluding hydrogens is 488 g/mol. The molecule has 1 aromatic carbocycles. The van der Waals surface area contributed by atoms with E-state index >= 15 is 0 Å². The predicted molar refractivity (Wildman–Crippen MR) is 160 cm³/mol. The Bertz CT molecular complexity index is 998. The highest BCUT2D eigenvalue weighted by Gasteiger charge is 2.26. The Labute approximate surface area is 235 Å². The maximum absolute atomic E-state index is 13.1. The number of ketones is 1. The summed E-state index contributed by atoms with van der Waals surface area (Å²) in [6, 6.07) is 4.92. The number of carbonyl (C=O) groups excluding carboxylic acids is 1. The molecule has 5 nitrogen and oxygen atoms in total. The van der Waals surface area contributed by atoms with Gasteiger partial charge >= 0.3 is 5.97 Å². The van der Waals surface area contributed by atoms with Gasteiger partial charge in [0.05, 0.1) is 5.56 Å². The SMILES string of the molecule is CCCCCCC1(CCCCCC)C=CC(/C=C/C(=O)c2ccc(OCC=C(C)C)cc2OCC(=O)O)C=C1. The standard InChI is InChI=1S/C34H48O5/c1-5-7-9-11-20-34(21-12-10-8-6-2)22-17-28(18-23-34)13-16-31(35)30-15-14-29(38-24-19-27(3)4)25-32(30)39-26-33(36)37/h13-19,22-23,25,28H,5-12,20-21,24,26H2,1-4H3,(H,36,37)/b16-13+. The number of allylic oxidation sites excluding steroid dienone is 7. The van der Waals surface area contributed by atoms with Crippen molar-refractivity contribution < 1.29 is 24.2 Å². The topological polar surface area (TPSA) is 72.8 Å². The van der Waals surface area contributed by atoms with Crippen LogP contribution in [0.5, 0.6) is 11.5 Å². The molecule has 0 amide bonds. The van der Waals surface area contributed by atoms with Crippen molar-refractivity contribution in [3.05, 3.63) is 71.9 Å². The Morgan fingerprint density at radius 3 is 2.13 bits per heavy atom. The van der Waals surface area contributed by atoms with Crippen LogP contribution >= 0.6 is 0 Å². The van der Waals surface area contributed by atoms with Crippen molar-refractivity contribution in [2.24, 2.45) is 11.3 Å². The van der Waals surface area contributed by atoms with E-state index in [2.05, 4.69) is 38.2 Å². The third-order valence-electron chi connectivity index (χ3n) is 7.07. The molecule has 0 bridgehead atoms. The molecule has 0 aromatic heterocycles. The Kier molecular flexibility index (Phi) is 14.4. The lowest BCUT2D eigenvalue weighted by Gasteiger charge is -2.31. The quantitative estimate of drug-likeness (QED) is 0.0827. The average molecular weight is 537 g/mol. The minimum atomic E-state index is -1.11. The minimum absolute atomic E-state index is 0.0448. The van der Waals surface area contributed by atoms with Crippen molar-refractivity contribution >= 4 is 11.8 Å². The van der Waals surface area contributed by atoms with E-state index in [0.717, 1.165) is 5.57 Å². The molecule has 0 fully saturated rings. The number of carboxylic acids is 1. The van der Waals surface area contributed by atoms with Crippen molar-refractivity contribution in [2.75, 3.05) is 13.2 Å². The predicted octanol–water partition coefficient (Wildman–Crippen LogP) is 8.90. The number of carbonyl (C=O) groups is 2. The molecule has 1 aromatic rings. The first-order chi connectivity index (χ1) is 18.8. The van der Waals surface area contributed by atoms with E-state index in [4.69, 9.17) is 14.6 Å². The monoisotopic (exact) mass is 536 g/mol. The van der Waals surface area contributed by atoms with Crippen LogP contribution in [0, 0.1) is 11.3 Å². The highest BCUT2D eigenvalue weighted by molar-refractivity contribution is 6.06. The molecule has 0 spiro atoms. The third-order valence-corrected chi connectivity index (χ3v) is 7.07. The zero-order chi connectivity index (χ0) is 28.5. The van der Waals surface area contributed by atoms with Gasteiger partial charge < -0.3 is 14.6 Å². The number of carboxylic acid groups (broad SMARTS) is 1. The second-order valence-corrected chi connectivity index (χ2v) is 10.8. The zero-order valence-electron chi connectivity index (χ0n) is 24.4. The molecule has 214 valence electrons. The van der Waals surface area contributed by atoms with E-state index in [9.17, 15) is 9.59 Å². The third kappa shape index (κ3) is 12.1. The van der Waals surface area contributed by atoms with Gasteiger partial charge in [-0.15, -0.1) is 0 Å². The van der Waals surface area contributed by atoms with Gasteiger partial charge in [0.2, 0.25) is 0 Å². The molecule has 0 unspecified atom stereocenters. The molecule has 1 N–H and O–H groups in total. The van der Waals surface area contributed by atoms with E-state index in [1.807, 2.05) is 26.0 Å². The largest absolute Gasteiger partial charge is 0.489 e. The Balaban J connectivity index is 2.10. The van der Waals surface area contributed by atoms with Crippen LogP contribution in [-0.4, -0.2) is 30.1 Å². The summed E-state index contributed by atoms with van der Waals surface area (Å²) in [6.07, 6.45) is 27.0. The molecule has 0 saturated carbocycles. The van der Waals surface area contributed by atoms with E-state index < -0.39 is 12.6 Å². The molecule has 0 atom stereocenters. The normalized spacial score (nSPS) is 14.5. The summed E-state index contributed by atoms with van der Waals surface area (Å²) >= 11 is 0. The fourth-order valence-electron chi connectivity index (χ4n) is 4.72. The lowest BCUT2D eigenvalue weighted by Crippen LogP contribution is -2.18. The van der Waals surface area contributed by atoms with Crippen LogP contribution < -0.4 is 9.47 Å². The average Bonchev–Trinajstić information content (AvgIpc) is 2.92. The number of hydrogen-bond donors (Lipinski definition) is 1. The molecule has 39 heavy (non-hydrogen) atoms. The van der Waals surface area contributed by atoms with Gasteiger partial charge in [-0.05, 0) is 51.0 Å². The van der Waals surface area contributed by atoms with E-state index in [0.29, 0.717) is 17.9 Å². The minimum Gasteiger partial charge on any atom is -0.489 e. The summed E-state index contributed by atoms with van der Waals surface area (Å²) in [5.74, 6) is -0.576. The summed E-state index contributed by atoms with van der Waals surface area (Å²) in [5.41, 5.74) is 1.56. The fourth-order valence-corrected chi connectivity index (χ4v) is 4.72. The first-order valence-corrected chi connectivity index (χ1v) is 14.6. The maximum atomic E-state index is 13.1. The van der Waals surface area contributed by atoms with Gasteiger partial charge in [0, 0.05) is 17.4 Å². The smallest absolute Gasteiger partial charge is 0.341 e. The van der Waals surface area contributed by atoms with Crippen molar-refractivity contribution in [3.8, 4) is 11.5 Å². The molecule has 2 rings (SSSR count). The van der Waals surface area contributed by atoms with E-state index in [-0.39, 0.29) is 22.9 Å². The molecule has 5 heteroatoms. The number of ether oxygens (including phenoxy) is 2. The van der Waals surface area contributed by atoms with Gasteiger partial charge in [-0.1, -0.05) is 101 Å². The summed E-state index contributed by atoms with van der Waals surface area (Å²) in [6.45, 7) is 8.30. The number of hydrogen-bond acceptors (Lipinski definition) is 4. The van der Waals surface area contributed by atoms with Crippen molar-refractivity contribution in [3.63, 3.8) is 0 Å². The first-order valence-electron chi connectivity index (χ1n) is 14.6. The zero-order valence-corrected chi connectivity index (χ0v) is 24.4. The van der Waals surface area contributed by atoms with Crippen LogP contribution in [0.4, 0.5) is 0 Å². The Morgan fingerprint density at radius 1 is 0.923 bits per heavy atom. The maximum Gasteiger partial charge on any atom is 0.341 e. The molecule has 1 aliphatic carbocycles. The molecule has 0 aliphatic heterocycles. The van der Waals surface area contributed by atoms with E-state index in [1.165, 1.54) is 64.2 Å². The van der Waals surface area contributed by atoms with Gasteiger partial charge in [0.15, 0.2) is 12.4 Å². The van der Waals surface area contributed by atoms with Gasteiger partial charge in [-0.2, -0.15) is 0 Å².